The van der Waals surface area contributed by atoms with Gasteiger partial charge in [-0.3, -0.25) is 10.8 Å². The Bertz CT molecular complexity index is 1100. The van der Waals surface area contributed by atoms with Crippen LogP contribution < -0.4 is 27.1 Å². The molecule has 0 bridgehead atoms. The molecule has 0 amide bonds. The number of nitrogen functional groups attached to an aromatic ring is 1. The average molecular weight is 537 g/mol. The Balaban J connectivity index is 1.85. The molecule has 210 valence electrons. The number of aromatic nitrogens is 2. The highest BCUT2D eigenvalue weighted by Crippen LogP contribution is 2.24. The summed E-state index contributed by atoms with van der Waals surface area (Å²) in [6.45, 7) is 5.32. The summed E-state index contributed by atoms with van der Waals surface area (Å²) in [6, 6.07) is 6.92. The number of nitrogens with two attached hydrogens (primary N) is 2. The molecule has 9 nitrogen and oxygen atoms in total. The number of nitrogens with zero attached hydrogens (tertiary/aromatic N) is 3. The molecule has 2 rings (SSSR count). The summed E-state index contributed by atoms with van der Waals surface area (Å²) in [7, 11) is 0. The minimum Gasteiger partial charge on any atom is -0.494 e. The number of benzene rings is 1. The number of guanidine groups is 1. The molecule has 1 aromatic heterocycles. The lowest BCUT2D eigenvalue weighted by Crippen LogP contribution is -2.30. The first kappa shape index (κ1) is 30.5. The van der Waals surface area contributed by atoms with Crippen molar-refractivity contribution in [2.75, 3.05) is 13.2 Å². The van der Waals surface area contributed by atoms with Crippen LogP contribution in [0.5, 0.6) is 5.75 Å². The zero-order valence-electron chi connectivity index (χ0n) is 21.7. The normalized spacial score (nSPS) is 11.9. The third-order valence-corrected chi connectivity index (χ3v) is 5.87. The smallest absolute Gasteiger partial charge is 0.432 e. The number of nitrogens with one attached hydrogen (secondary N) is 3. The molecule has 0 aliphatic carbocycles. The first-order valence-electron chi connectivity index (χ1n) is 12.8. The van der Waals surface area contributed by atoms with Crippen LogP contribution in [0.15, 0.2) is 53.9 Å². The number of amidine groups is 1. The van der Waals surface area contributed by atoms with E-state index in [1.165, 1.54) is 0 Å². The van der Waals surface area contributed by atoms with Crippen molar-refractivity contribution in [3.8, 4) is 5.75 Å². The SMILES string of the molecule is C=C(/N=c1\n(CCCCCCCCNC(=N)N)ccn1CCCCOc1ccc(C(=N)N)cc1)C(F)(F)F. The Labute approximate surface area is 221 Å². The number of ether oxygens (including phenoxy) is 1. The molecular formula is C26H39F3N8O. The number of hydrogen-bond acceptors (Lipinski definition) is 4. The second-order valence-electron chi connectivity index (χ2n) is 9.00. The highest BCUT2D eigenvalue weighted by atomic mass is 19.4. The van der Waals surface area contributed by atoms with E-state index in [9.17, 15) is 13.2 Å². The predicted molar refractivity (Wildman–Crippen MR) is 143 cm³/mol. The number of hydrogen-bond donors (Lipinski definition) is 5. The lowest BCUT2D eigenvalue weighted by molar-refractivity contribution is -0.0924. The van der Waals surface area contributed by atoms with Crippen molar-refractivity contribution in [2.45, 2.75) is 70.6 Å². The summed E-state index contributed by atoms with van der Waals surface area (Å²) in [5.41, 5.74) is 10.4. The van der Waals surface area contributed by atoms with Crippen LogP contribution in [0.3, 0.4) is 0 Å². The van der Waals surface area contributed by atoms with E-state index in [-0.39, 0.29) is 17.4 Å². The number of aryl methyl sites for hydroxylation is 2. The fourth-order valence-electron chi connectivity index (χ4n) is 3.76. The standard InChI is InChI=1S/C26H39F3N8O/c1-20(26(27,28)29)35-25-36(15-7-5-3-2-4-6-14-34-24(32)33)17-18-37(25)16-8-9-19-38-22-12-10-21(11-13-22)23(30)31/h10-13,17-18H,1-9,14-16,19H2,(H3,30,31)(H4,32,33,34)/b35-25+. The molecule has 0 fully saturated rings. The molecule has 0 saturated heterocycles. The first-order chi connectivity index (χ1) is 18.1. The van der Waals surface area contributed by atoms with Gasteiger partial charge >= 0.3 is 6.18 Å². The van der Waals surface area contributed by atoms with Crippen LogP contribution in [0, 0.1) is 10.8 Å². The second kappa shape index (κ2) is 15.5. The van der Waals surface area contributed by atoms with Gasteiger partial charge in [0.05, 0.1) is 6.61 Å². The van der Waals surface area contributed by atoms with Crippen LogP contribution in [-0.4, -0.2) is 40.3 Å². The molecule has 0 aliphatic rings. The van der Waals surface area contributed by atoms with Crippen LogP contribution >= 0.6 is 0 Å². The average Bonchev–Trinajstić information content (AvgIpc) is 3.23. The highest BCUT2D eigenvalue weighted by Gasteiger charge is 2.32. The molecule has 1 heterocycles. The van der Waals surface area contributed by atoms with Crippen LogP contribution in [0.4, 0.5) is 13.2 Å². The largest absolute Gasteiger partial charge is 0.494 e. The Hall–Kier alpha value is -3.70. The van der Waals surface area contributed by atoms with Gasteiger partial charge in [-0.2, -0.15) is 13.2 Å². The lowest BCUT2D eigenvalue weighted by atomic mass is 10.1. The highest BCUT2D eigenvalue weighted by molar-refractivity contribution is 5.94. The minimum absolute atomic E-state index is 0.00910. The Morgan fingerprint density at radius 1 is 0.895 bits per heavy atom. The van der Waals surface area contributed by atoms with Crippen molar-refractivity contribution in [3.05, 3.63) is 60.1 Å². The van der Waals surface area contributed by atoms with Gasteiger partial charge < -0.3 is 30.7 Å². The van der Waals surface area contributed by atoms with E-state index >= 15 is 0 Å². The number of halogens is 3. The van der Waals surface area contributed by atoms with Gasteiger partial charge in [-0.1, -0.05) is 32.3 Å². The number of rotatable bonds is 17. The molecule has 0 aliphatic heterocycles. The maximum Gasteiger partial charge on any atom is 0.432 e. The van der Waals surface area contributed by atoms with Gasteiger partial charge in [0, 0.05) is 37.6 Å². The van der Waals surface area contributed by atoms with Crippen molar-refractivity contribution in [1.29, 1.82) is 10.8 Å². The molecule has 7 N–H and O–H groups in total. The molecule has 0 unspecified atom stereocenters. The summed E-state index contributed by atoms with van der Waals surface area (Å²) in [5.74, 6) is 0.637. The van der Waals surface area contributed by atoms with Crippen molar-refractivity contribution < 1.29 is 17.9 Å². The molecule has 0 atom stereocenters. The Kier molecular flexibility index (Phi) is 12.5. The summed E-state index contributed by atoms with van der Waals surface area (Å²) in [4.78, 5) is 3.84. The van der Waals surface area contributed by atoms with Crippen molar-refractivity contribution in [1.82, 2.24) is 14.5 Å². The maximum absolute atomic E-state index is 13.1. The summed E-state index contributed by atoms with van der Waals surface area (Å²) < 4.78 is 48.6. The van der Waals surface area contributed by atoms with E-state index < -0.39 is 11.9 Å². The molecule has 0 saturated carbocycles. The third kappa shape index (κ3) is 11.1. The number of alkyl halides is 3. The maximum atomic E-state index is 13.1. The monoisotopic (exact) mass is 536 g/mol. The van der Waals surface area contributed by atoms with E-state index in [4.69, 9.17) is 27.0 Å². The van der Waals surface area contributed by atoms with Gasteiger partial charge in [0.1, 0.15) is 17.3 Å². The Morgan fingerprint density at radius 2 is 1.45 bits per heavy atom. The van der Waals surface area contributed by atoms with Crippen LogP contribution in [0.2, 0.25) is 0 Å². The zero-order valence-corrected chi connectivity index (χ0v) is 21.7. The van der Waals surface area contributed by atoms with Gasteiger partial charge in [-0.25, -0.2) is 4.99 Å². The summed E-state index contributed by atoms with van der Waals surface area (Å²) >= 11 is 0. The van der Waals surface area contributed by atoms with Crippen LogP contribution in [0.1, 0.15) is 56.9 Å². The molecule has 2 aromatic rings. The van der Waals surface area contributed by atoms with Gasteiger partial charge in [-0.15, -0.1) is 0 Å². The molecule has 0 radical (unpaired) electrons. The summed E-state index contributed by atoms with van der Waals surface area (Å²) in [6.07, 6.45) is 6.18. The quantitative estimate of drug-likeness (QED) is 0.117. The van der Waals surface area contributed by atoms with Gasteiger partial charge in [0.2, 0.25) is 5.62 Å². The predicted octanol–water partition coefficient (Wildman–Crippen LogP) is 4.23. The molecule has 12 heteroatoms. The molecular weight excluding hydrogens is 497 g/mol. The summed E-state index contributed by atoms with van der Waals surface area (Å²) in [5, 5.41) is 17.3. The number of imidazole rings is 1. The molecule has 1 aromatic carbocycles. The van der Waals surface area contributed by atoms with Crippen LogP contribution in [0.25, 0.3) is 0 Å². The lowest BCUT2D eigenvalue weighted by Gasteiger charge is -2.10. The fraction of sp³-hybridized carbons (Fsp3) is 0.500. The van der Waals surface area contributed by atoms with E-state index in [1.54, 1.807) is 45.8 Å². The van der Waals surface area contributed by atoms with E-state index in [0.717, 1.165) is 38.5 Å². The minimum atomic E-state index is -4.59. The van der Waals surface area contributed by atoms with Gasteiger partial charge in [0.15, 0.2) is 5.96 Å². The first-order valence-corrected chi connectivity index (χ1v) is 12.8. The number of unbranched alkanes of at least 4 members (excludes halogenated alkanes) is 6. The van der Waals surface area contributed by atoms with Crippen molar-refractivity contribution >= 4 is 11.8 Å². The van der Waals surface area contributed by atoms with Gasteiger partial charge in [-0.05, 0) is 49.9 Å². The van der Waals surface area contributed by atoms with Crippen molar-refractivity contribution in [2.24, 2.45) is 16.5 Å². The second-order valence-corrected chi connectivity index (χ2v) is 9.00. The van der Waals surface area contributed by atoms with Crippen LogP contribution in [-0.2, 0) is 13.1 Å². The van der Waals surface area contributed by atoms with E-state index in [0.29, 0.717) is 50.4 Å². The topological polar surface area (TPSA) is 143 Å². The van der Waals surface area contributed by atoms with Gasteiger partial charge in [0.25, 0.3) is 0 Å². The van der Waals surface area contributed by atoms with E-state index in [2.05, 4.69) is 16.9 Å². The molecule has 0 spiro atoms. The third-order valence-electron chi connectivity index (χ3n) is 5.87. The Morgan fingerprint density at radius 3 is 2.00 bits per heavy atom. The van der Waals surface area contributed by atoms with Crippen molar-refractivity contribution in [3.63, 3.8) is 0 Å². The fourth-order valence-corrected chi connectivity index (χ4v) is 3.76. The zero-order chi connectivity index (χ0) is 28.0. The van der Waals surface area contributed by atoms with E-state index in [1.807, 2.05) is 0 Å². The number of allylic oxidation sites excluding steroid dienone is 1. The molecule has 38 heavy (non-hydrogen) atoms.